The van der Waals surface area contributed by atoms with Crippen molar-refractivity contribution in [2.24, 2.45) is 0 Å². The van der Waals surface area contributed by atoms with E-state index >= 15 is 0 Å². The Balaban J connectivity index is 0.00000300. The maximum atomic E-state index is 13.2. The van der Waals surface area contributed by atoms with Crippen LogP contribution in [0.15, 0.2) is 36.4 Å². The third-order valence-electron chi connectivity index (χ3n) is 4.36. The Morgan fingerprint density at radius 1 is 1.21 bits per heavy atom. The number of amides is 1. The Kier molecular flexibility index (Phi) is 8.00. The normalized spacial score (nSPS) is 10.6. The second-order valence-corrected chi connectivity index (χ2v) is 8.31. The zero-order valence-electron chi connectivity index (χ0n) is 16.5. The molecule has 1 aromatic heterocycles. The smallest absolute Gasteiger partial charge is 0.260 e. The van der Waals surface area contributed by atoms with Gasteiger partial charge in [-0.2, -0.15) is 5.26 Å². The molecule has 0 saturated heterocycles. The zero-order valence-corrected chi connectivity index (χ0v) is 18.9. The highest BCUT2D eigenvalue weighted by Gasteiger charge is 2.22. The molecule has 8 heteroatoms. The average Bonchev–Trinajstić information content (AvgIpc) is 3.08. The number of thiazole rings is 1. The van der Waals surface area contributed by atoms with Crippen molar-refractivity contribution in [2.45, 2.75) is 13.3 Å². The summed E-state index contributed by atoms with van der Waals surface area (Å²) in [5.74, 6) is -0.119. The number of carbonyl (C=O) groups excluding carboxylic acids is 1. The first-order valence-electron chi connectivity index (χ1n) is 8.92. The van der Waals surface area contributed by atoms with Gasteiger partial charge in [-0.3, -0.25) is 9.69 Å². The Labute approximate surface area is 185 Å². The Bertz CT molecular complexity index is 1040. The van der Waals surface area contributed by atoms with Gasteiger partial charge < -0.3 is 4.90 Å². The summed E-state index contributed by atoms with van der Waals surface area (Å²) in [5.41, 5.74) is 2.93. The van der Waals surface area contributed by atoms with Crippen LogP contribution in [0, 0.1) is 18.3 Å². The number of fused-ring (bicyclic) bond motifs is 1. The molecule has 3 aromatic rings. The number of hydrogen-bond acceptors (Lipinski definition) is 5. The van der Waals surface area contributed by atoms with Gasteiger partial charge in [0.1, 0.15) is 0 Å². The van der Waals surface area contributed by atoms with E-state index in [2.05, 4.69) is 11.0 Å². The minimum Gasteiger partial charge on any atom is -0.309 e. The molecule has 2 aromatic carbocycles. The van der Waals surface area contributed by atoms with Crippen LogP contribution in [-0.4, -0.2) is 43.0 Å². The molecule has 1 amide bonds. The van der Waals surface area contributed by atoms with Crippen molar-refractivity contribution in [1.29, 1.82) is 5.26 Å². The molecule has 0 N–H and O–H groups in total. The minimum absolute atomic E-state index is 0. The van der Waals surface area contributed by atoms with Crippen LogP contribution in [0.3, 0.4) is 0 Å². The lowest BCUT2D eigenvalue weighted by Gasteiger charge is -2.21. The summed E-state index contributed by atoms with van der Waals surface area (Å²) in [7, 11) is 4.02. The predicted molar refractivity (Wildman–Crippen MR) is 123 cm³/mol. The molecule has 0 radical (unpaired) electrons. The molecule has 0 atom stereocenters. The van der Waals surface area contributed by atoms with Gasteiger partial charge in [0, 0.05) is 17.1 Å². The highest BCUT2D eigenvalue weighted by molar-refractivity contribution is 7.22. The Morgan fingerprint density at radius 3 is 2.52 bits per heavy atom. The fraction of sp³-hybridized carbons (Fsp3) is 0.286. The Morgan fingerprint density at radius 2 is 1.90 bits per heavy atom. The first kappa shape index (κ1) is 23.1. The fourth-order valence-electron chi connectivity index (χ4n) is 2.93. The number of benzene rings is 2. The van der Waals surface area contributed by atoms with Crippen molar-refractivity contribution in [3.05, 3.63) is 58.1 Å². The number of aryl methyl sites for hydroxylation is 1. The van der Waals surface area contributed by atoms with E-state index < -0.39 is 0 Å². The summed E-state index contributed by atoms with van der Waals surface area (Å²) in [4.78, 5) is 21.8. The maximum Gasteiger partial charge on any atom is 0.260 e. The lowest BCUT2D eigenvalue weighted by molar-refractivity contribution is 0.0986. The van der Waals surface area contributed by atoms with Crippen molar-refractivity contribution in [3.8, 4) is 6.07 Å². The molecule has 0 aliphatic carbocycles. The molecular formula is C21H22Cl2N4OS. The third-order valence-corrected chi connectivity index (χ3v) is 5.61. The molecule has 0 spiro atoms. The van der Waals surface area contributed by atoms with E-state index in [0.717, 1.165) is 28.7 Å². The first-order chi connectivity index (χ1) is 13.4. The molecule has 0 saturated carbocycles. The van der Waals surface area contributed by atoms with Crippen molar-refractivity contribution in [1.82, 2.24) is 9.88 Å². The van der Waals surface area contributed by atoms with E-state index in [1.54, 1.807) is 29.2 Å². The Hall–Kier alpha value is -2.17. The molecule has 1 heterocycles. The molecule has 0 fully saturated rings. The van der Waals surface area contributed by atoms with E-state index in [0.29, 0.717) is 27.8 Å². The summed E-state index contributed by atoms with van der Waals surface area (Å²) in [6.07, 6.45) is 0.824. The topological polar surface area (TPSA) is 60.2 Å². The van der Waals surface area contributed by atoms with Crippen LogP contribution in [0.4, 0.5) is 5.13 Å². The monoisotopic (exact) mass is 448 g/mol. The van der Waals surface area contributed by atoms with Gasteiger partial charge in [-0.05, 0) is 75.9 Å². The second-order valence-electron chi connectivity index (χ2n) is 6.87. The van der Waals surface area contributed by atoms with E-state index in [1.165, 1.54) is 11.3 Å². The van der Waals surface area contributed by atoms with Gasteiger partial charge >= 0.3 is 0 Å². The summed E-state index contributed by atoms with van der Waals surface area (Å²) >= 11 is 7.65. The zero-order chi connectivity index (χ0) is 20.3. The first-order valence-corrected chi connectivity index (χ1v) is 10.1. The van der Waals surface area contributed by atoms with Crippen LogP contribution in [0.1, 0.15) is 27.9 Å². The second kappa shape index (κ2) is 10.0. The van der Waals surface area contributed by atoms with Crippen LogP contribution in [-0.2, 0) is 0 Å². The van der Waals surface area contributed by atoms with Crippen LogP contribution >= 0.6 is 35.3 Å². The number of rotatable bonds is 6. The number of nitrogens with zero attached hydrogens (tertiary/aromatic N) is 4. The number of aromatic nitrogens is 1. The number of anilines is 1. The van der Waals surface area contributed by atoms with Gasteiger partial charge in [-0.25, -0.2) is 4.98 Å². The van der Waals surface area contributed by atoms with Gasteiger partial charge in [-0.15, -0.1) is 12.4 Å². The number of nitriles is 1. The molecule has 0 aliphatic rings. The predicted octanol–water partition coefficient (Wildman–Crippen LogP) is 5.15. The van der Waals surface area contributed by atoms with E-state index in [9.17, 15) is 4.79 Å². The van der Waals surface area contributed by atoms with Gasteiger partial charge in [0.05, 0.1) is 21.8 Å². The molecule has 152 valence electrons. The van der Waals surface area contributed by atoms with Crippen molar-refractivity contribution in [2.75, 3.05) is 32.1 Å². The van der Waals surface area contributed by atoms with Crippen molar-refractivity contribution >= 4 is 56.6 Å². The lowest BCUT2D eigenvalue weighted by Crippen LogP contribution is -2.33. The number of carbonyl (C=O) groups is 1. The molecule has 3 rings (SSSR count). The van der Waals surface area contributed by atoms with Gasteiger partial charge in [0.25, 0.3) is 5.91 Å². The van der Waals surface area contributed by atoms with Crippen LogP contribution in [0.5, 0.6) is 0 Å². The molecule has 0 aliphatic heterocycles. The average molecular weight is 449 g/mol. The molecular weight excluding hydrogens is 427 g/mol. The number of halogens is 2. The maximum absolute atomic E-state index is 13.2. The number of hydrogen-bond donors (Lipinski definition) is 0. The van der Waals surface area contributed by atoms with Gasteiger partial charge in [0.15, 0.2) is 5.13 Å². The molecule has 0 unspecified atom stereocenters. The summed E-state index contributed by atoms with van der Waals surface area (Å²) in [6, 6.07) is 12.5. The standard InChI is InChI=1S/C21H21ClN4OS.ClH/c1-14-11-17(22)12-18-19(14)24-21(28-18)26(10-4-9-25(2)3)20(27)16-7-5-15(13-23)6-8-16;/h5-8,11-12H,4,9-10H2,1-3H3;1H. The quantitative estimate of drug-likeness (QED) is 0.522. The van der Waals surface area contributed by atoms with Gasteiger partial charge in [0.2, 0.25) is 0 Å². The van der Waals surface area contributed by atoms with Gasteiger partial charge in [-0.1, -0.05) is 22.9 Å². The largest absolute Gasteiger partial charge is 0.309 e. The fourth-order valence-corrected chi connectivity index (χ4v) is 4.38. The minimum atomic E-state index is -0.119. The van der Waals surface area contributed by atoms with Crippen molar-refractivity contribution in [3.63, 3.8) is 0 Å². The highest BCUT2D eigenvalue weighted by Crippen LogP contribution is 2.33. The summed E-state index contributed by atoms with van der Waals surface area (Å²) in [5, 5.41) is 10.3. The molecule has 0 bridgehead atoms. The molecule has 29 heavy (non-hydrogen) atoms. The third kappa shape index (κ3) is 5.46. The van der Waals surface area contributed by atoms with E-state index in [4.69, 9.17) is 21.8 Å². The SMILES string of the molecule is Cc1cc(Cl)cc2sc(N(CCCN(C)C)C(=O)c3ccc(C#N)cc3)nc12.Cl. The van der Waals surface area contributed by atoms with Crippen molar-refractivity contribution < 1.29 is 4.79 Å². The highest BCUT2D eigenvalue weighted by atomic mass is 35.5. The summed E-state index contributed by atoms with van der Waals surface area (Å²) < 4.78 is 0.963. The van der Waals surface area contributed by atoms with Crippen LogP contribution < -0.4 is 4.90 Å². The summed E-state index contributed by atoms with van der Waals surface area (Å²) in [6.45, 7) is 3.40. The van der Waals surface area contributed by atoms with Crippen LogP contribution in [0.2, 0.25) is 5.02 Å². The van der Waals surface area contributed by atoms with E-state index in [-0.39, 0.29) is 18.3 Å². The van der Waals surface area contributed by atoms with Crippen LogP contribution in [0.25, 0.3) is 10.2 Å². The lowest BCUT2D eigenvalue weighted by atomic mass is 10.1. The molecule has 5 nitrogen and oxygen atoms in total. The van der Waals surface area contributed by atoms with E-state index in [1.807, 2.05) is 33.2 Å².